The molecule has 0 aliphatic heterocycles. The Hall–Kier alpha value is -3.48. The van der Waals surface area contributed by atoms with Crippen molar-refractivity contribution in [2.75, 3.05) is 25.1 Å². The van der Waals surface area contributed by atoms with Gasteiger partial charge in [-0.15, -0.1) is 0 Å². The lowest BCUT2D eigenvalue weighted by Gasteiger charge is -2.22. The van der Waals surface area contributed by atoms with E-state index < -0.39 is 4.92 Å². The Morgan fingerprint density at radius 2 is 1.79 bits per heavy atom. The van der Waals surface area contributed by atoms with Crippen molar-refractivity contribution in [3.05, 3.63) is 64.0 Å². The van der Waals surface area contributed by atoms with Gasteiger partial charge < -0.3 is 9.64 Å². The molecule has 0 N–H and O–H groups in total. The number of methoxy groups -OCH3 is 1. The van der Waals surface area contributed by atoms with Gasteiger partial charge in [0.25, 0.3) is 5.69 Å². The molecule has 1 aromatic heterocycles. The molecule has 0 spiro atoms. The number of ether oxygens (including phenoxy) is 1. The summed E-state index contributed by atoms with van der Waals surface area (Å²) in [6, 6.07) is 12.1. The number of non-ortho nitro benzene ring substituents is 1. The van der Waals surface area contributed by atoms with E-state index in [-0.39, 0.29) is 5.69 Å². The SMILES string of the molecule is CCN(CC)c1nc(C=Cc2ccc([N+](=O)[O-])cc2)nc2ccc(OC)cc12. The van der Waals surface area contributed by atoms with Crippen molar-refractivity contribution in [2.24, 2.45) is 0 Å². The number of nitro benzene ring substituents is 1. The Balaban J connectivity index is 2.02. The van der Waals surface area contributed by atoms with E-state index in [1.54, 1.807) is 19.2 Å². The summed E-state index contributed by atoms with van der Waals surface area (Å²) in [6.45, 7) is 5.82. The molecule has 3 rings (SSSR count). The maximum absolute atomic E-state index is 10.8. The largest absolute Gasteiger partial charge is 0.497 e. The van der Waals surface area contributed by atoms with Gasteiger partial charge in [-0.3, -0.25) is 10.1 Å². The maximum Gasteiger partial charge on any atom is 0.269 e. The lowest BCUT2D eigenvalue weighted by atomic mass is 10.2. The standard InChI is InChI=1S/C21H22N4O3/c1-4-24(5-2)21-18-14-17(28-3)11-12-19(18)22-20(23-21)13-8-15-6-9-16(10-7-15)25(26)27/h6-14H,4-5H2,1-3H3. The van der Waals surface area contributed by atoms with Crippen molar-refractivity contribution in [2.45, 2.75) is 13.8 Å². The Morgan fingerprint density at radius 3 is 2.39 bits per heavy atom. The van der Waals surface area contributed by atoms with Crippen molar-refractivity contribution in [1.29, 1.82) is 0 Å². The highest BCUT2D eigenvalue weighted by atomic mass is 16.6. The van der Waals surface area contributed by atoms with Crippen LogP contribution in [0.15, 0.2) is 42.5 Å². The van der Waals surface area contributed by atoms with Crippen LogP contribution in [-0.4, -0.2) is 35.1 Å². The van der Waals surface area contributed by atoms with E-state index >= 15 is 0 Å². The van der Waals surface area contributed by atoms with Crippen LogP contribution in [0.3, 0.4) is 0 Å². The summed E-state index contributed by atoms with van der Waals surface area (Å²) < 4.78 is 5.35. The van der Waals surface area contributed by atoms with E-state index in [0.29, 0.717) is 5.82 Å². The van der Waals surface area contributed by atoms with E-state index in [9.17, 15) is 10.1 Å². The number of hydrogen-bond acceptors (Lipinski definition) is 6. The predicted molar refractivity (Wildman–Crippen MR) is 112 cm³/mol. The first-order chi connectivity index (χ1) is 13.5. The summed E-state index contributed by atoms with van der Waals surface area (Å²) in [7, 11) is 1.64. The molecule has 2 aromatic carbocycles. The molecule has 7 nitrogen and oxygen atoms in total. The molecule has 0 saturated heterocycles. The van der Waals surface area contributed by atoms with Crippen molar-refractivity contribution in [3.8, 4) is 5.75 Å². The van der Waals surface area contributed by atoms with Crippen LogP contribution < -0.4 is 9.64 Å². The minimum Gasteiger partial charge on any atom is -0.497 e. The van der Waals surface area contributed by atoms with E-state index in [1.807, 2.05) is 30.4 Å². The number of benzene rings is 2. The highest BCUT2D eigenvalue weighted by molar-refractivity contribution is 5.91. The molecule has 144 valence electrons. The fourth-order valence-electron chi connectivity index (χ4n) is 2.95. The summed E-state index contributed by atoms with van der Waals surface area (Å²) in [5, 5.41) is 11.7. The molecular formula is C21H22N4O3. The van der Waals surface area contributed by atoms with Crippen molar-refractivity contribution < 1.29 is 9.66 Å². The normalized spacial score (nSPS) is 11.1. The quantitative estimate of drug-likeness (QED) is 0.443. The molecule has 0 fully saturated rings. The highest BCUT2D eigenvalue weighted by Gasteiger charge is 2.12. The van der Waals surface area contributed by atoms with Crippen LogP contribution in [0.2, 0.25) is 0 Å². The number of rotatable bonds is 7. The summed E-state index contributed by atoms with van der Waals surface area (Å²) in [5.41, 5.74) is 1.74. The number of fused-ring (bicyclic) bond motifs is 1. The maximum atomic E-state index is 10.8. The number of hydrogen-bond donors (Lipinski definition) is 0. The molecule has 0 radical (unpaired) electrons. The molecule has 1 heterocycles. The van der Waals surface area contributed by atoms with Gasteiger partial charge in [-0.05, 0) is 55.8 Å². The summed E-state index contributed by atoms with van der Waals surface area (Å²) in [5.74, 6) is 2.20. The second kappa shape index (κ2) is 8.47. The van der Waals surface area contributed by atoms with Crippen LogP contribution in [0.1, 0.15) is 25.2 Å². The second-order valence-electron chi connectivity index (χ2n) is 6.14. The molecular weight excluding hydrogens is 356 g/mol. The van der Waals surface area contributed by atoms with E-state index in [0.717, 1.165) is 41.1 Å². The fourth-order valence-corrected chi connectivity index (χ4v) is 2.95. The van der Waals surface area contributed by atoms with E-state index in [1.165, 1.54) is 12.1 Å². The zero-order chi connectivity index (χ0) is 20.1. The summed E-state index contributed by atoms with van der Waals surface area (Å²) in [6.07, 6.45) is 3.66. The van der Waals surface area contributed by atoms with Gasteiger partial charge in [0.15, 0.2) is 5.82 Å². The lowest BCUT2D eigenvalue weighted by Crippen LogP contribution is -2.23. The molecule has 28 heavy (non-hydrogen) atoms. The first-order valence-electron chi connectivity index (χ1n) is 9.09. The number of nitrogens with zero attached hydrogens (tertiary/aromatic N) is 4. The third-order valence-corrected chi connectivity index (χ3v) is 4.49. The molecule has 0 aliphatic rings. The van der Waals surface area contributed by atoms with Gasteiger partial charge in [0.2, 0.25) is 0 Å². The zero-order valence-corrected chi connectivity index (χ0v) is 16.1. The molecule has 0 unspecified atom stereocenters. The van der Waals surface area contributed by atoms with Crippen LogP contribution in [0.4, 0.5) is 11.5 Å². The second-order valence-corrected chi connectivity index (χ2v) is 6.14. The molecule has 0 saturated carbocycles. The Bertz CT molecular complexity index is 1010. The average molecular weight is 378 g/mol. The first kappa shape index (κ1) is 19.3. The van der Waals surface area contributed by atoms with E-state index in [2.05, 4.69) is 23.7 Å². The van der Waals surface area contributed by atoms with Crippen molar-refractivity contribution in [3.63, 3.8) is 0 Å². The van der Waals surface area contributed by atoms with Crippen LogP contribution in [-0.2, 0) is 0 Å². The van der Waals surface area contributed by atoms with Gasteiger partial charge in [0.05, 0.1) is 17.5 Å². The minimum atomic E-state index is -0.412. The van der Waals surface area contributed by atoms with Crippen LogP contribution in [0.25, 0.3) is 23.1 Å². The fraction of sp³-hybridized carbons (Fsp3) is 0.238. The Morgan fingerprint density at radius 1 is 1.07 bits per heavy atom. The molecule has 0 bridgehead atoms. The third-order valence-electron chi connectivity index (χ3n) is 4.49. The van der Waals surface area contributed by atoms with Gasteiger partial charge >= 0.3 is 0 Å². The van der Waals surface area contributed by atoms with Crippen LogP contribution in [0, 0.1) is 10.1 Å². The van der Waals surface area contributed by atoms with Crippen LogP contribution >= 0.6 is 0 Å². The number of anilines is 1. The molecule has 0 atom stereocenters. The number of aromatic nitrogens is 2. The highest BCUT2D eigenvalue weighted by Crippen LogP contribution is 2.28. The van der Waals surface area contributed by atoms with Gasteiger partial charge in [-0.1, -0.05) is 6.08 Å². The lowest BCUT2D eigenvalue weighted by molar-refractivity contribution is -0.384. The predicted octanol–water partition coefficient (Wildman–Crippen LogP) is 4.56. The summed E-state index contributed by atoms with van der Waals surface area (Å²) >= 11 is 0. The summed E-state index contributed by atoms with van der Waals surface area (Å²) in [4.78, 5) is 21.9. The van der Waals surface area contributed by atoms with Crippen molar-refractivity contribution >= 4 is 34.6 Å². The molecule has 0 aliphatic carbocycles. The number of nitro groups is 1. The Kier molecular flexibility index (Phi) is 5.84. The van der Waals surface area contributed by atoms with Crippen molar-refractivity contribution in [1.82, 2.24) is 9.97 Å². The van der Waals surface area contributed by atoms with E-state index in [4.69, 9.17) is 9.72 Å². The monoisotopic (exact) mass is 378 g/mol. The molecule has 3 aromatic rings. The topological polar surface area (TPSA) is 81.4 Å². The third kappa shape index (κ3) is 4.09. The van der Waals surface area contributed by atoms with Gasteiger partial charge in [-0.2, -0.15) is 0 Å². The average Bonchev–Trinajstić information content (AvgIpc) is 2.73. The smallest absolute Gasteiger partial charge is 0.269 e. The van der Waals surface area contributed by atoms with Crippen LogP contribution in [0.5, 0.6) is 5.75 Å². The van der Waals surface area contributed by atoms with Gasteiger partial charge in [0.1, 0.15) is 11.6 Å². The molecule has 7 heteroatoms. The molecule has 0 amide bonds. The van der Waals surface area contributed by atoms with Gasteiger partial charge in [-0.25, -0.2) is 9.97 Å². The zero-order valence-electron chi connectivity index (χ0n) is 16.1. The minimum absolute atomic E-state index is 0.0665. The van der Waals surface area contributed by atoms with Gasteiger partial charge in [0, 0.05) is 30.6 Å². The Labute approximate surface area is 163 Å². The first-order valence-corrected chi connectivity index (χ1v) is 9.09.